The van der Waals surface area contributed by atoms with Crippen molar-refractivity contribution in [2.24, 2.45) is 0 Å². The van der Waals surface area contributed by atoms with E-state index in [1.54, 1.807) is 6.07 Å². The van der Waals surface area contributed by atoms with Gasteiger partial charge in [-0.05, 0) is 24.6 Å². The van der Waals surface area contributed by atoms with Gasteiger partial charge in [-0.2, -0.15) is 19.9 Å². The fraction of sp³-hybridized carbons (Fsp3) is 0.250. The minimum absolute atomic E-state index is 0.00148. The highest BCUT2D eigenvalue weighted by Crippen LogP contribution is 2.18. The van der Waals surface area contributed by atoms with Crippen LogP contribution in [-0.4, -0.2) is 50.3 Å². The highest BCUT2D eigenvalue weighted by molar-refractivity contribution is 5.90. The molecule has 1 fully saturated rings. The van der Waals surface area contributed by atoms with Crippen molar-refractivity contribution >= 4 is 23.5 Å². The Morgan fingerprint density at radius 3 is 2.89 bits per heavy atom. The molecule has 11 nitrogen and oxygen atoms in total. The first-order valence-electron chi connectivity index (χ1n) is 8.33. The molecule has 1 atom stereocenters. The number of carbonyl (C=O) groups excluding carboxylic acids is 1. The van der Waals surface area contributed by atoms with Crippen molar-refractivity contribution in [3.63, 3.8) is 0 Å². The maximum absolute atomic E-state index is 13.3. The molecule has 1 aliphatic rings. The minimum Gasteiger partial charge on any atom is -0.379 e. The lowest BCUT2D eigenvalue weighted by Gasteiger charge is -2.07. The third kappa shape index (κ3) is 4.01. The molecule has 12 heteroatoms. The van der Waals surface area contributed by atoms with Crippen LogP contribution in [-0.2, 0) is 4.74 Å². The highest BCUT2D eigenvalue weighted by atomic mass is 19.1. The summed E-state index contributed by atoms with van der Waals surface area (Å²) in [7, 11) is 0. The zero-order chi connectivity index (χ0) is 19.5. The summed E-state index contributed by atoms with van der Waals surface area (Å²) in [6, 6.07) is 5.64. The smallest absolute Gasteiger partial charge is 0.316 e. The first-order valence-corrected chi connectivity index (χ1v) is 8.33. The number of hydrogen-bond acceptors (Lipinski definition) is 10. The summed E-state index contributed by atoms with van der Waals surface area (Å²) in [6.07, 6.45) is 0.714. The van der Waals surface area contributed by atoms with E-state index in [0.717, 1.165) is 0 Å². The number of halogens is 1. The number of rotatable bonds is 5. The van der Waals surface area contributed by atoms with E-state index < -0.39 is 11.7 Å². The SMILES string of the molecule is Nc1nc(Nc2cccc(F)c2)nc(-c2noc(C(=O)N[C@@H]3CCOC3)n2)n1. The predicted octanol–water partition coefficient (Wildman–Crippen LogP) is 0.905. The number of aromatic nitrogens is 5. The van der Waals surface area contributed by atoms with Gasteiger partial charge in [0, 0.05) is 12.3 Å². The lowest BCUT2D eigenvalue weighted by Crippen LogP contribution is -2.35. The van der Waals surface area contributed by atoms with Gasteiger partial charge in [-0.15, -0.1) is 0 Å². The Bertz CT molecular complexity index is 1010. The van der Waals surface area contributed by atoms with Gasteiger partial charge in [0.1, 0.15) is 5.82 Å². The van der Waals surface area contributed by atoms with Crippen molar-refractivity contribution in [2.75, 3.05) is 24.3 Å². The van der Waals surface area contributed by atoms with Crippen LogP contribution in [0.2, 0.25) is 0 Å². The van der Waals surface area contributed by atoms with E-state index in [0.29, 0.717) is 25.3 Å². The van der Waals surface area contributed by atoms with E-state index in [4.69, 9.17) is 15.0 Å². The Hall–Kier alpha value is -3.67. The molecule has 0 bridgehead atoms. The van der Waals surface area contributed by atoms with Crippen LogP contribution in [0.1, 0.15) is 17.1 Å². The van der Waals surface area contributed by atoms with Crippen molar-refractivity contribution in [3.05, 3.63) is 36.0 Å². The molecule has 3 aromatic rings. The summed E-state index contributed by atoms with van der Waals surface area (Å²) in [6.45, 7) is 1.02. The molecule has 4 N–H and O–H groups in total. The second-order valence-electron chi connectivity index (χ2n) is 5.93. The number of nitrogens with zero attached hydrogens (tertiary/aromatic N) is 5. The summed E-state index contributed by atoms with van der Waals surface area (Å²) in [5.41, 5.74) is 6.12. The standard InChI is InChI=1S/C16H15FN8O3/c17-8-2-1-3-9(6-8)20-16-23-11(22-15(18)24-16)12-21-14(28-25-12)13(26)19-10-4-5-27-7-10/h1-3,6,10H,4-5,7H2,(H,19,26)(H3,18,20,22,23,24)/t10-/m1/s1. The second kappa shape index (κ2) is 7.52. The van der Waals surface area contributed by atoms with Gasteiger partial charge in [0.15, 0.2) is 0 Å². The zero-order valence-electron chi connectivity index (χ0n) is 14.4. The molecule has 4 rings (SSSR count). The molecule has 1 aliphatic heterocycles. The van der Waals surface area contributed by atoms with Crippen LogP contribution in [0.3, 0.4) is 0 Å². The minimum atomic E-state index is -0.519. The number of ether oxygens (including phenoxy) is 1. The fourth-order valence-electron chi connectivity index (χ4n) is 2.55. The maximum Gasteiger partial charge on any atom is 0.316 e. The number of nitrogens with one attached hydrogen (secondary N) is 2. The molecule has 0 unspecified atom stereocenters. The molecule has 0 radical (unpaired) electrons. The van der Waals surface area contributed by atoms with Gasteiger partial charge in [-0.3, -0.25) is 4.79 Å². The largest absolute Gasteiger partial charge is 0.379 e. The molecule has 0 saturated carbocycles. The lowest BCUT2D eigenvalue weighted by molar-refractivity contribution is 0.0886. The monoisotopic (exact) mass is 386 g/mol. The Kier molecular flexibility index (Phi) is 4.76. The second-order valence-corrected chi connectivity index (χ2v) is 5.93. The number of nitrogens with two attached hydrogens (primary N) is 1. The lowest BCUT2D eigenvalue weighted by atomic mass is 10.2. The van der Waals surface area contributed by atoms with Gasteiger partial charge >= 0.3 is 11.8 Å². The molecule has 3 heterocycles. The number of amides is 1. The first-order chi connectivity index (χ1) is 13.6. The van der Waals surface area contributed by atoms with Crippen molar-refractivity contribution in [1.82, 2.24) is 30.4 Å². The maximum atomic E-state index is 13.3. The quantitative estimate of drug-likeness (QED) is 0.576. The van der Waals surface area contributed by atoms with E-state index in [9.17, 15) is 9.18 Å². The number of nitrogen functional groups attached to an aromatic ring is 1. The van der Waals surface area contributed by atoms with Crippen LogP contribution in [0.15, 0.2) is 28.8 Å². The molecule has 0 spiro atoms. The van der Waals surface area contributed by atoms with Crippen LogP contribution >= 0.6 is 0 Å². The van der Waals surface area contributed by atoms with Crippen molar-refractivity contribution in [2.45, 2.75) is 12.5 Å². The molecular formula is C16H15FN8O3. The molecular weight excluding hydrogens is 371 g/mol. The van der Waals surface area contributed by atoms with Gasteiger partial charge in [0.05, 0.1) is 12.6 Å². The van der Waals surface area contributed by atoms with Crippen LogP contribution in [0, 0.1) is 5.82 Å². The van der Waals surface area contributed by atoms with E-state index in [2.05, 4.69) is 35.7 Å². The first kappa shape index (κ1) is 17.7. The fourth-order valence-corrected chi connectivity index (χ4v) is 2.55. The number of anilines is 3. The van der Waals surface area contributed by atoms with Crippen molar-refractivity contribution in [3.8, 4) is 11.6 Å². The molecule has 2 aromatic heterocycles. The molecule has 28 heavy (non-hydrogen) atoms. The number of benzene rings is 1. The molecule has 1 aromatic carbocycles. The number of carbonyl (C=O) groups is 1. The van der Waals surface area contributed by atoms with Gasteiger partial charge in [0.2, 0.25) is 23.5 Å². The Morgan fingerprint density at radius 2 is 2.11 bits per heavy atom. The van der Waals surface area contributed by atoms with Gasteiger partial charge in [0.25, 0.3) is 0 Å². The highest BCUT2D eigenvalue weighted by Gasteiger charge is 2.23. The van der Waals surface area contributed by atoms with Gasteiger partial charge in [-0.1, -0.05) is 11.2 Å². The molecule has 0 aliphatic carbocycles. The van der Waals surface area contributed by atoms with Crippen molar-refractivity contribution in [1.29, 1.82) is 0 Å². The Morgan fingerprint density at radius 1 is 1.21 bits per heavy atom. The van der Waals surface area contributed by atoms with Gasteiger partial charge in [-0.25, -0.2) is 4.39 Å². The summed E-state index contributed by atoms with van der Waals surface area (Å²) >= 11 is 0. The van der Waals surface area contributed by atoms with Crippen LogP contribution < -0.4 is 16.4 Å². The summed E-state index contributed by atoms with van der Waals surface area (Å²) in [5.74, 6) is -1.26. The normalized spacial score (nSPS) is 16.1. The average Bonchev–Trinajstić information content (AvgIpc) is 3.33. The Balaban J connectivity index is 1.53. The van der Waals surface area contributed by atoms with Crippen LogP contribution in [0.5, 0.6) is 0 Å². The third-order valence-electron chi connectivity index (χ3n) is 3.82. The van der Waals surface area contributed by atoms with Crippen LogP contribution in [0.25, 0.3) is 11.6 Å². The third-order valence-corrected chi connectivity index (χ3v) is 3.82. The van der Waals surface area contributed by atoms with E-state index in [-0.39, 0.29) is 35.5 Å². The van der Waals surface area contributed by atoms with Gasteiger partial charge < -0.3 is 25.6 Å². The average molecular weight is 386 g/mol. The molecule has 144 valence electrons. The number of hydrogen-bond donors (Lipinski definition) is 3. The van der Waals surface area contributed by atoms with E-state index in [1.807, 2.05) is 0 Å². The Labute approximate surface area is 157 Å². The zero-order valence-corrected chi connectivity index (χ0v) is 14.4. The molecule has 1 amide bonds. The summed E-state index contributed by atoms with van der Waals surface area (Å²) in [4.78, 5) is 28.2. The van der Waals surface area contributed by atoms with Crippen molar-refractivity contribution < 1.29 is 18.4 Å². The summed E-state index contributed by atoms with van der Waals surface area (Å²) < 4.78 is 23.5. The van der Waals surface area contributed by atoms with E-state index in [1.165, 1.54) is 18.2 Å². The summed E-state index contributed by atoms with van der Waals surface area (Å²) in [5, 5.41) is 9.26. The molecule has 1 saturated heterocycles. The topological polar surface area (TPSA) is 154 Å². The van der Waals surface area contributed by atoms with Crippen LogP contribution in [0.4, 0.5) is 22.0 Å². The van der Waals surface area contributed by atoms with E-state index >= 15 is 0 Å². The predicted molar refractivity (Wildman–Crippen MR) is 93.9 cm³/mol.